The number of aryl methyl sites for hydroxylation is 2. The largest absolute Gasteiger partial charge is 0.340 e. The van der Waals surface area contributed by atoms with E-state index in [9.17, 15) is 4.79 Å². The number of thioether (sulfide) groups is 1. The highest BCUT2D eigenvalue weighted by atomic mass is 32.2. The van der Waals surface area contributed by atoms with E-state index in [1.807, 2.05) is 33.8 Å². The van der Waals surface area contributed by atoms with E-state index in [0.717, 1.165) is 11.4 Å². The number of carbonyl (C=O) groups excluding carboxylic acids is 1. The number of carbonyl (C=O) groups is 1. The Kier molecular flexibility index (Phi) is 6.46. The zero-order valence-electron chi connectivity index (χ0n) is 12.3. The van der Waals surface area contributed by atoms with Crippen molar-refractivity contribution >= 4 is 17.7 Å². The first-order chi connectivity index (χ1) is 9.40. The highest BCUT2D eigenvalue weighted by Gasteiger charge is 2.13. The lowest BCUT2D eigenvalue weighted by molar-refractivity contribution is -0.119. The quantitative estimate of drug-likeness (QED) is 0.642. The van der Waals surface area contributed by atoms with Gasteiger partial charge in [0.1, 0.15) is 6.04 Å². The molecule has 0 radical (unpaired) electrons. The molecule has 0 bridgehead atoms. The van der Waals surface area contributed by atoms with Crippen LogP contribution in [0.4, 0.5) is 0 Å². The second-order valence-corrected chi connectivity index (χ2v) is 6.04. The van der Waals surface area contributed by atoms with Gasteiger partial charge in [0.2, 0.25) is 5.91 Å². The maximum Gasteiger partial charge on any atom is 0.231 e. The Balaban J connectivity index is 2.48. The van der Waals surface area contributed by atoms with Crippen molar-refractivity contribution < 1.29 is 4.79 Å². The van der Waals surface area contributed by atoms with Crippen molar-refractivity contribution in [3.05, 3.63) is 17.5 Å². The van der Waals surface area contributed by atoms with Crippen LogP contribution >= 0.6 is 11.8 Å². The fourth-order valence-corrected chi connectivity index (χ4v) is 2.50. The number of nitrogens with one attached hydrogen (secondary N) is 1. The number of nitrogens with zero attached hydrogens (tertiary/aromatic N) is 3. The van der Waals surface area contributed by atoms with Gasteiger partial charge >= 0.3 is 0 Å². The summed E-state index contributed by atoms with van der Waals surface area (Å²) in [7, 11) is 0. The SMILES string of the molecule is Cc1cc(C)nc(SCC(=O)N[C@H](C#N)CC(C)C)n1. The van der Waals surface area contributed by atoms with Gasteiger partial charge in [0.15, 0.2) is 5.16 Å². The molecule has 0 unspecified atom stereocenters. The molecule has 1 heterocycles. The van der Waals surface area contributed by atoms with Gasteiger partial charge < -0.3 is 5.32 Å². The van der Waals surface area contributed by atoms with E-state index in [1.54, 1.807) is 0 Å². The van der Waals surface area contributed by atoms with Gasteiger partial charge in [-0.3, -0.25) is 4.79 Å². The number of amides is 1. The summed E-state index contributed by atoms with van der Waals surface area (Å²) in [5.41, 5.74) is 1.77. The third kappa shape index (κ3) is 6.02. The van der Waals surface area contributed by atoms with Crippen LogP contribution in [0.1, 0.15) is 31.7 Å². The van der Waals surface area contributed by atoms with Crippen LogP contribution in [0.15, 0.2) is 11.2 Å². The van der Waals surface area contributed by atoms with Gasteiger partial charge in [0, 0.05) is 11.4 Å². The van der Waals surface area contributed by atoms with Crippen LogP contribution in [0.5, 0.6) is 0 Å². The van der Waals surface area contributed by atoms with E-state index < -0.39 is 6.04 Å². The van der Waals surface area contributed by atoms with Crippen molar-refractivity contribution in [3.8, 4) is 6.07 Å². The number of nitriles is 1. The molecule has 0 aromatic carbocycles. The summed E-state index contributed by atoms with van der Waals surface area (Å²) in [6.45, 7) is 7.84. The van der Waals surface area contributed by atoms with Crippen LogP contribution in [-0.4, -0.2) is 27.7 Å². The fourth-order valence-electron chi connectivity index (χ4n) is 1.74. The molecule has 108 valence electrons. The lowest BCUT2D eigenvalue weighted by Gasteiger charge is -2.13. The molecule has 0 aliphatic carbocycles. The summed E-state index contributed by atoms with van der Waals surface area (Å²) in [5.74, 6) is 0.430. The minimum atomic E-state index is -0.428. The van der Waals surface area contributed by atoms with Gasteiger partial charge in [-0.05, 0) is 32.3 Å². The maximum absolute atomic E-state index is 11.8. The molecule has 1 aromatic heterocycles. The van der Waals surface area contributed by atoms with Crippen molar-refractivity contribution in [1.82, 2.24) is 15.3 Å². The monoisotopic (exact) mass is 292 g/mol. The molecule has 1 amide bonds. The van der Waals surface area contributed by atoms with E-state index >= 15 is 0 Å². The Hall–Kier alpha value is -1.61. The molecular formula is C14H20N4OS. The average molecular weight is 292 g/mol. The van der Waals surface area contributed by atoms with Crippen molar-refractivity contribution in [2.75, 3.05) is 5.75 Å². The predicted molar refractivity (Wildman–Crippen MR) is 79.2 cm³/mol. The van der Waals surface area contributed by atoms with Gasteiger partial charge in [0.05, 0.1) is 11.8 Å². The minimum absolute atomic E-state index is 0.162. The lowest BCUT2D eigenvalue weighted by atomic mass is 10.1. The second-order valence-electron chi connectivity index (χ2n) is 5.10. The fraction of sp³-hybridized carbons (Fsp3) is 0.571. The second kappa shape index (κ2) is 7.85. The average Bonchev–Trinajstić information content (AvgIpc) is 2.34. The van der Waals surface area contributed by atoms with Crippen LogP contribution < -0.4 is 5.32 Å². The first-order valence-electron chi connectivity index (χ1n) is 6.54. The first-order valence-corrected chi connectivity index (χ1v) is 7.53. The Morgan fingerprint density at radius 3 is 2.50 bits per heavy atom. The van der Waals surface area contributed by atoms with Gasteiger partial charge in [-0.2, -0.15) is 5.26 Å². The molecule has 0 saturated carbocycles. The molecule has 20 heavy (non-hydrogen) atoms. The number of rotatable bonds is 6. The molecule has 0 saturated heterocycles. The van der Waals surface area contributed by atoms with Crippen LogP contribution in [0.2, 0.25) is 0 Å². The van der Waals surface area contributed by atoms with Crippen molar-refractivity contribution in [3.63, 3.8) is 0 Å². The number of hydrogen-bond acceptors (Lipinski definition) is 5. The number of hydrogen-bond donors (Lipinski definition) is 1. The highest BCUT2D eigenvalue weighted by Crippen LogP contribution is 2.14. The summed E-state index contributed by atoms with van der Waals surface area (Å²) in [6, 6.07) is 3.57. The summed E-state index contributed by atoms with van der Waals surface area (Å²) < 4.78 is 0. The van der Waals surface area contributed by atoms with Crippen LogP contribution in [0.25, 0.3) is 0 Å². The Morgan fingerprint density at radius 2 is 2.00 bits per heavy atom. The van der Waals surface area contributed by atoms with Crippen LogP contribution in [0, 0.1) is 31.1 Å². The van der Waals surface area contributed by atoms with Gasteiger partial charge in [-0.15, -0.1) is 0 Å². The van der Waals surface area contributed by atoms with Gasteiger partial charge in [0.25, 0.3) is 0 Å². The van der Waals surface area contributed by atoms with E-state index in [1.165, 1.54) is 11.8 Å². The number of aromatic nitrogens is 2. The van der Waals surface area contributed by atoms with Crippen LogP contribution in [0.3, 0.4) is 0 Å². The zero-order valence-corrected chi connectivity index (χ0v) is 13.1. The predicted octanol–water partition coefficient (Wildman–Crippen LogP) is 2.24. The van der Waals surface area contributed by atoms with E-state index in [4.69, 9.17) is 5.26 Å². The van der Waals surface area contributed by atoms with Gasteiger partial charge in [-0.1, -0.05) is 25.6 Å². The van der Waals surface area contributed by atoms with E-state index in [0.29, 0.717) is 17.5 Å². The zero-order chi connectivity index (χ0) is 15.1. The summed E-state index contributed by atoms with van der Waals surface area (Å²) in [6.07, 6.45) is 0.660. The minimum Gasteiger partial charge on any atom is -0.340 e. The maximum atomic E-state index is 11.8. The molecule has 1 aromatic rings. The smallest absolute Gasteiger partial charge is 0.231 e. The lowest BCUT2D eigenvalue weighted by Crippen LogP contribution is -2.35. The summed E-state index contributed by atoms with van der Waals surface area (Å²) in [5, 5.41) is 12.3. The topological polar surface area (TPSA) is 78.7 Å². The molecular weight excluding hydrogens is 272 g/mol. The van der Waals surface area contributed by atoms with Crippen molar-refractivity contribution in [2.45, 2.75) is 45.3 Å². The molecule has 1 N–H and O–H groups in total. The van der Waals surface area contributed by atoms with Crippen molar-refractivity contribution in [2.24, 2.45) is 5.92 Å². The molecule has 0 aliphatic heterocycles. The Labute approximate surface area is 124 Å². The molecule has 0 spiro atoms. The molecule has 6 heteroatoms. The van der Waals surface area contributed by atoms with E-state index in [-0.39, 0.29) is 11.7 Å². The highest BCUT2D eigenvalue weighted by molar-refractivity contribution is 7.99. The Morgan fingerprint density at radius 1 is 1.40 bits per heavy atom. The standard InChI is InChI=1S/C14H20N4OS/c1-9(2)5-12(7-15)18-13(19)8-20-14-16-10(3)6-11(4)17-14/h6,9,12H,5,8H2,1-4H3,(H,18,19)/t12-/m0/s1. The molecule has 0 fully saturated rings. The molecule has 1 atom stereocenters. The van der Waals surface area contributed by atoms with Crippen LogP contribution in [-0.2, 0) is 4.79 Å². The third-order valence-electron chi connectivity index (χ3n) is 2.49. The van der Waals surface area contributed by atoms with E-state index in [2.05, 4.69) is 21.4 Å². The Bertz CT molecular complexity index is 490. The molecule has 1 rings (SSSR count). The van der Waals surface area contributed by atoms with Gasteiger partial charge in [-0.25, -0.2) is 9.97 Å². The normalized spacial score (nSPS) is 12.0. The third-order valence-corrected chi connectivity index (χ3v) is 3.34. The molecule has 5 nitrogen and oxygen atoms in total. The molecule has 0 aliphatic rings. The summed E-state index contributed by atoms with van der Waals surface area (Å²) >= 11 is 1.28. The van der Waals surface area contributed by atoms with Crippen molar-refractivity contribution in [1.29, 1.82) is 5.26 Å². The first kappa shape index (κ1) is 16.4. The summed E-state index contributed by atoms with van der Waals surface area (Å²) in [4.78, 5) is 20.3.